The first-order valence-electron chi connectivity index (χ1n) is 8.84. The number of thioether (sulfide) groups is 1. The zero-order valence-corrected chi connectivity index (χ0v) is 16.3. The number of amides is 1. The van der Waals surface area contributed by atoms with E-state index in [9.17, 15) is 4.79 Å². The summed E-state index contributed by atoms with van der Waals surface area (Å²) in [5.41, 5.74) is 3.62. The minimum absolute atomic E-state index is 0.0331. The standard InChI is InChI=1S/C19H21N5O2S/c1-11-14(12(2)24-18(20-11)22-19(23-24)27-3)10-17(25)21-15-8-9-26-16-7-5-4-6-13(15)16/h4-7,15H,8-10H2,1-3H3,(H,21,25)/t15-/m0/s1. The quantitative estimate of drug-likeness (QED) is 0.698. The molecule has 0 radical (unpaired) electrons. The van der Waals surface area contributed by atoms with Crippen molar-refractivity contribution in [2.75, 3.05) is 12.9 Å². The summed E-state index contributed by atoms with van der Waals surface area (Å²) in [6.45, 7) is 4.46. The van der Waals surface area contributed by atoms with Crippen LogP contribution in [-0.4, -0.2) is 38.4 Å². The largest absolute Gasteiger partial charge is 0.493 e. The van der Waals surface area contributed by atoms with Crippen molar-refractivity contribution in [3.8, 4) is 5.75 Å². The van der Waals surface area contributed by atoms with Crippen LogP contribution in [0.2, 0.25) is 0 Å². The van der Waals surface area contributed by atoms with Crippen LogP contribution in [0.25, 0.3) is 5.78 Å². The van der Waals surface area contributed by atoms with Gasteiger partial charge in [0.15, 0.2) is 0 Å². The second kappa shape index (κ2) is 7.19. The normalized spacial score (nSPS) is 16.0. The maximum atomic E-state index is 12.8. The summed E-state index contributed by atoms with van der Waals surface area (Å²) in [6, 6.07) is 7.82. The number of ether oxygens (including phenoxy) is 1. The van der Waals surface area contributed by atoms with E-state index in [4.69, 9.17) is 4.74 Å². The number of carbonyl (C=O) groups is 1. The average molecular weight is 383 g/mol. The van der Waals surface area contributed by atoms with Crippen molar-refractivity contribution in [2.24, 2.45) is 0 Å². The van der Waals surface area contributed by atoms with Crippen LogP contribution < -0.4 is 10.1 Å². The smallest absolute Gasteiger partial charge is 0.253 e. The fourth-order valence-corrected chi connectivity index (χ4v) is 3.77. The number of benzene rings is 1. The van der Waals surface area contributed by atoms with Gasteiger partial charge >= 0.3 is 0 Å². The first kappa shape index (κ1) is 17.8. The average Bonchev–Trinajstić information content (AvgIpc) is 3.09. The Morgan fingerprint density at radius 2 is 2.15 bits per heavy atom. The van der Waals surface area contributed by atoms with E-state index in [1.807, 2.05) is 44.4 Å². The van der Waals surface area contributed by atoms with Gasteiger partial charge < -0.3 is 10.1 Å². The van der Waals surface area contributed by atoms with Crippen molar-refractivity contribution in [1.29, 1.82) is 0 Å². The molecule has 0 spiro atoms. The molecule has 1 atom stereocenters. The molecule has 0 saturated heterocycles. The molecule has 1 aromatic carbocycles. The summed E-state index contributed by atoms with van der Waals surface area (Å²) in [7, 11) is 0. The second-order valence-electron chi connectivity index (χ2n) is 6.54. The third-order valence-corrected chi connectivity index (χ3v) is 5.38. The van der Waals surface area contributed by atoms with Crippen LogP contribution in [0.4, 0.5) is 0 Å². The van der Waals surface area contributed by atoms with E-state index in [1.165, 1.54) is 11.8 Å². The molecule has 2 aromatic heterocycles. The Labute approximate surface area is 161 Å². The van der Waals surface area contributed by atoms with Gasteiger partial charge in [0.1, 0.15) is 5.75 Å². The highest BCUT2D eigenvalue weighted by molar-refractivity contribution is 7.98. The number of fused-ring (bicyclic) bond motifs is 2. The van der Waals surface area contributed by atoms with Gasteiger partial charge in [-0.1, -0.05) is 30.0 Å². The number of para-hydroxylation sites is 1. The van der Waals surface area contributed by atoms with Crippen molar-refractivity contribution in [3.63, 3.8) is 0 Å². The van der Waals surface area contributed by atoms with E-state index < -0.39 is 0 Å². The Bertz CT molecular complexity index is 1020. The number of hydrogen-bond donors (Lipinski definition) is 1. The van der Waals surface area contributed by atoms with Crippen LogP contribution >= 0.6 is 11.8 Å². The summed E-state index contributed by atoms with van der Waals surface area (Å²) in [5, 5.41) is 8.26. The maximum absolute atomic E-state index is 12.8. The van der Waals surface area contributed by atoms with Gasteiger partial charge in [-0.2, -0.15) is 4.98 Å². The van der Waals surface area contributed by atoms with Crippen molar-refractivity contribution in [2.45, 2.75) is 37.9 Å². The summed E-state index contributed by atoms with van der Waals surface area (Å²) in [4.78, 5) is 21.7. The predicted octanol–water partition coefficient (Wildman–Crippen LogP) is 2.65. The predicted molar refractivity (Wildman–Crippen MR) is 103 cm³/mol. The van der Waals surface area contributed by atoms with Gasteiger partial charge in [0.05, 0.1) is 19.1 Å². The van der Waals surface area contributed by atoms with Crippen LogP contribution in [0.3, 0.4) is 0 Å². The number of nitrogens with one attached hydrogen (secondary N) is 1. The van der Waals surface area contributed by atoms with E-state index in [-0.39, 0.29) is 18.4 Å². The zero-order valence-electron chi connectivity index (χ0n) is 15.5. The van der Waals surface area contributed by atoms with Crippen LogP contribution in [0, 0.1) is 13.8 Å². The molecule has 1 amide bonds. The molecule has 0 saturated carbocycles. The summed E-state index contributed by atoms with van der Waals surface area (Å²) in [6.07, 6.45) is 2.95. The van der Waals surface area contributed by atoms with Crippen molar-refractivity contribution < 1.29 is 9.53 Å². The van der Waals surface area contributed by atoms with Crippen LogP contribution in [0.1, 0.15) is 35.0 Å². The number of hydrogen-bond acceptors (Lipinski definition) is 6. The molecule has 140 valence electrons. The minimum atomic E-state index is -0.0331. The van der Waals surface area contributed by atoms with E-state index in [1.54, 1.807) is 4.52 Å². The minimum Gasteiger partial charge on any atom is -0.493 e. The van der Waals surface area contributed by atoms with E-state index in [2.05, 4.69) is 20.4 Å². The third-order valence-electron chi connectivity index (χ3n) is 4.84. The molecule has 8 heteroatoms. The highest BCUT2D eigenvalue weighted by Crippen LogP contribution is 2.31. The molecule has 0 bridgehead atoms. The molecule has 0 aliphatic carbocycles. The molecule has 27 heavy (non-hydrogen) atoms. The number of aromatic nitrogens is 4. The molecule has 3 heterocycles. The highest BCUT2D eigenvalue weighted by Gasteiger charge is 2.23. The van der Waals surface area contributed by atoms with Crippen molar-refractivity contribution in [3.05, 3.63) is 46.8 Å². The molecule has 3 aromatic rings. The van der Waals surface area contributed by atoms with Gasteiger partial charge in [0.2, 0.25) is 11.1 Å². The molecule has 0 unspecified atom stereocenters. The maximum Gasteiger partial charge on any atom is 0.253 e. The fraction of sp³-hybridized carbons (Fsp3) is 0.368. The van der Waals surface area contributed by atoms with Gasteiger partial charge in [0, 0.05) is 28.9 Å². The Morgan fingerprint density at radius 3 is 2.96 bits per heavy atom. The number of rotatable bonds is 4. The van der Waals surface area contributed by atoms with Gasteiger partial charge in [-0.25, -0.2) is 9.50 Å². The molecule has 1 aliphatic rings. The monoisotopic (exact) mass is 383 g/mol. The Morgan fingerprint density at radius 1 is 1.33 bits per heavy atom. The summed E-state index contributed by atoms with van der Waals surface area (Å²) < 4.78 is 7.38. The molecular formula is C19H21N5O2S. The van der Waals surface area contributed by atoms with Crippen molar-refractivity contribution in [1.82, 2.24) is 24.9 Å². The van der Waals surface area contributed by atoms with Crippen LogP contribution in [-0.2, 0) is 11.2 Å². The van der Waals surface area contributed by atoms with E-state index >= 15 is 0 Å². The fourth-order valence-electron chi connectivity index (χ4n) is 3.43. The van der Waals surface area contributed by atoms with Gasteiger partial charge in [-0.15, -0.1) is 5.10 Å². The van der Waals surface area contributed by atoms with Gasteiger partial charge in [-0.05, 0) is 26.2 Å². The Kier molecular flexibility index (Phi) is 4.73. The highest BCUT2D eigenvalue weighted by atomic mass is 32.2. The Hall–Kier alpha value is -2.61. The number of carbonyl (C=O) groups excluding carboxylic acids is 1. The van der Waals surface area contributed by atoms with E-state index in [0.29, 0.717) is 17.5 Å². The number of aryl methyl sites for hydroxylation is 2. The van der Waals surface area contributed by atoms with Crippen molar-refractivity contribution >= 4 is 23.4 Å². The SMILES string of the molecule is CSc1nc2nc(C)c(CC(=O)N[C@H]3CCOc4ccccc43)c(C)n2n1. The van der Waals surface area contributed by atoms with Gasteiger partial charge in [-0.3, -0.25) is 4.79 Å². The van der Waals surface area contributed by atoms with Crippen LogP contribution in [0.5, 0.6) is 5.75 Å². The topological polar surface area (TPSA) is 81.4 Å². The van der Waals surface area contributed by atoms with Gasteiger partial charge in [0.25, 0.3) is 5.78 Å². The molecule has 1 N–H and O–H groups in total. The van der Waals surface area contributed by atoms with E-state index in [0.717, 1.165) is 34.7 Å². The first-order valence-corrected chi connectivity index (χ1v) is 10.1. The molecule has 7 nitrogen and oxygen atoms in total. The molecule has 0 fully saturated rings. The third kappa shape index (κ3) is 3.37. The lowest BCUT2D eigenvalue weighted by molar-refractivity contribution is -0.121. The van der Waals surface area contributed by atoms with Crippen LogP contribution in [0.15, 0.2) is 29.4 Å². The molecular weight excluding hydrogens is 362 g/mol. The number of nitrogens with zero attached hydrogens (tertiary/aromatic N) is 4. The lowest BCUT2D eigenvalue weighted by Gasteiger charge is -2.26. The zero-order chi connectivity index (χ0) is 19.0. The lowest BCUT2D eigenvalue weighted by atomic mass is 10.00. The second-order valence-corrected chi connectivity index (χ2v) is 7.32. The summed E-state index contributed by atoms with van der Waals surface area (Å²) >= 11 is 1.47. The molecule has 1 aliphatic heterocycles. The first-order chi connectivity index (χ1) is 13.1. The summed E-state index contributed by atoms with van der Waals surface area (Å²) in [5.74, 6) is 1.38. The lowest BCUT2D eigenvalue weighted by Crippen LogP contribution is -2.33. The molecule has 4 rings (SSSR count). The Balaban J connectivity index is 1.57.